The van der Waals surface area contributed by atoms with Crippen molar-refractivity contribution >= 4 is 16.7 Å². The number of benzene rings is 2. The molecule has 2 aromatic heterocycles. The second kappa shape index (κ2) is 6.04. The molecule has 0 bridgehead atoms. The number of nitro benzene ring substituents is 1. The van der Waals surface area contributed by atoms with Gasteiger partial charge in [0.1, 0.15) is 17.3 Å². The minimum absolute atomic E-state index is 0.0254. The number of rotatable bonds is 4. The lowest BCUT2D eigenvalue weighted by Crippen LogP contribution is -1.86. The van der Waals surface area contributed by atoms with Gasteiger partial charge in [-0.25, -0.2) is 4.98 Å². The lowest BCUT2D eigenvalue weighted by Gasteiger charge is -2.06. The average molecular weight is 332 g/mol. The fourth-order valence-electron chi connectivity index (χ4n) is 2.50. The molecule has 0 aliphatic carbocycles. The van der Waals surface area contributed by atoms with Gasteiger partial charge in [-0.2, -0.15) is 0 Å². The van der Waals surface area contributed by atoms with E-state index in [1.54, 1.807) is 30.6 Å². The molecule has 0 unspecified atom stereocenters. The molecule has 0 aliphatic rings. The third-order valence-electron chi connectivity index (χ3n) is 3.67. The highest BCUT2D eigenvalue weighted by atomic mass is 16.6. The zero-order valence-corrected chi connectivity index (χ0v) is 12.9. The molecule has 0 radical (unpaired) electrons. The molecule has 0 saturated carbocycles. The third-order valence-corrected chi connectivity index (χ3v) is 3.67. The molecule has 0 atom stereocenters. The van der Waals surface area contributed by atoms with Gasteiger partial charge in [0.05, 0.1) is 16.0 Å². The summed E-state index contributed by atoms with van der Waals surface area (Å²) in [7, 11) is 0. The number of hydrogen-bond donors (Lipinski definition) is 1. The maximum Gasteiger partial charge on any atom is 0.271 e. The summed E-state index contributed by atoms with van der Waals surface area (Å²) in [5.41, 5.74) is 2.13. The molecule has 1 N–H and O–H groups in total. The Balaban J connectivity index is 1.68. The SMILES string of the molecule is O=[N+]([O-])c1ccc2nc(-c3cccc(Oc4ccncc4)c3)[nH]c2c1. The van der Waals surface area contributed by atoms with Crippen LogP contribution in [-0.4, -0.2) is 19.9 Å². The number of nitrogens with one attached hydrogen (secondary N) is 1. The highest BCUT2D eigenvalue weighted by molar-refractivity contribution is 5.81. The molecule has 0 fully saturated rings. The van der Waals surface area contributed by atoms with Crippen molar-refractivity contribution in [1.82, 2.24) is 15.0 Å². The number of H-pyrrole nitrogens is 1. The first-order valence-electron chi connectivity index (χ1n) is 7.51. The van der Waals surface area contributed by atoms with Crippen molar-refractivity contribution in [2.45, 2.75) is 0 Å². The maximum absolute atomic E-state index is 10.9. The van der Waals surface area contributed by atoms with E-state index in [2.05, 4.69) is 15.0 Å². The van der Waals surface area contributed by atoms with Crippen LogP contribution in [0.1, 0.15) is 0 Å². The molecule has 4 rings (SSSR count). The zero-order chi connectivity index (χ0) is 17.2. The summed E-state index contributed by atoms with van der Waals surface area (Å²) in [4.78, 5) is 22.0. The molecular weight excluding hydrogens is 320 g/mol. The van der Waals surface area contributed by atoms with E-state index in [-0.39, 0.29) is 5.69 Å². The van der Waals surface area contributed by atoms with Crippen LogP contribution in [0.3, 0.4) is 0 Å². The van der Waals surface area contributed by atoms with Gasteiger partial charge in [-0.3, -0.25) is 15.1 Å². The largest absolute Gasteiger partial charge is 0.457 e. The van der Waals surface area contributed by atoms with E-state index >= 15 is 0 Å². The first kappa shape index (κ1) is 14.8. The van der Waals surface area contributed by atoms with Crippen LogP contribution in [0.4, 0.5) is 5.69 Å². The summed E-state index contributed by atoms with van der Waals surface area (Å²) in [6.07, 6.45) is 3.32. The Morgan fingerprint density at radius 3 is 2.64 bits per heavy atom. The molecule has 0 amide bonds. The molecule has 7 heteroatoms. The number of fused-ring (bicyclic) bond motifs is 1. The Morgan fingerprint density at radius 2 is 1.84 bits per heavy atom. The normalized spacial score (nSPS) is 10.7. The molecule has 2 heterocycles. The lowest BCUT2D eigenvalue weighted by atomic mass is 10.2. The van der Waals surface area contributed by atoms with Crippen molar-refractivity contribution < 1.29 is 9.66 Å². The Bertz CT molecular complexity index is 1060. The van der Waals surface area contributed by atoms with Crippen LogP contribution in [-0.2, 0) is 0 Å². The average Bonchev–Trinajstić information content (AvgIpc) is 3.06. The van der Waals surface area contributed by atoms with Crippen LogP contribution in [0.5, 0.6) is 11.5 Å². The molecule has 25 heavy (non-hydrogen) atoms. The molecule has 122 valence electrons. The monoisotopic (exact) mass is 332 g/mol. The van der Waals surface area contributed by atoms with Gasteiger partial charge in [-0.1, -0.05) is 12.1 Å². The highest BCUT2D eigenvalue weighted by Crippen LogP contribution is 2.28. The topological polar surface area (TPSA) is 93.9 Å². The predicted molar refractivity (Wildman–Crippen MR) is 92.5 cm³/mol. The van der Waals surface area contributed by atoms with Gasteiger partial charge in [-0.05, 0) is 30.3 Å². The summed E-state index contributed by atoms with van der Waals surface area (Å²) in [6, 6.07) is 15.5. The number of hydrogen-bond acceptors (Lipinski definition) is 5. The van der Waals surface area contributed by atoms with Crippen LogP contribution in [0.2, 0.25) is 0 Å². The summed E-state index contributed by atoms with van der Waals surface area (Å²) < 4.78 is 5.79. The van der Waals surface area contributed by atoms with Crippen molar-refractivity contribution in [3.05, 3.63) is 77.1 Å². The quantitative estimate of drug-likeness (QED) is 0.443. The van der Waals surface area contributed by atoms with Crippen molar-refractivity contribution in [3.63, 3.8) is 0 Å². The number of aromatic nitrogens is 3. The number of imidazole rings is 1. The van der Waals surface area contributed by atoms with Gasteiger partial charge in [-0.15, -0.1) is 0 Å². The Hall–Kier alpha value is -3.74. The van der Waals surface area contributed by atoms with Gasteiger partial charge in [0.2, 0.25) is 0 Å². The number of nitro groups is 1. The van der Waals surface area contributed by atoms with Crippen molar-refractivity contribution in [1.29, 1.82) is 0 Å². The molecular formula is C18H12N4O3. The van der Waals surface area contributed by atoms with Crippen molar-refractivity contribution in [2.75, 3.05) is 0 Å². The van der Waals surface area contributed by atoms with Crippen molar-refractivity contribution in [2.24, 2.45) is 0 Å². The van der Waals surface area contributed by atoms with Crippen LogP contribution in [0, 0.1) is 10.1 Å². The lowest BCUT2D eigenvalue weighted by molar-refractivity contribution is -0.384. The van der Waals surface area contributed by atoms with Gasteiger partial charge in [0, 0.05) is 30.1 Å². The fraction of sp³-hybridized carbons (Fsp3) is 0. The van der Waals surface area contributed by atoms with Gasteiger partial charge >= 0.3 is 0 Å². The first-order chi connectivity index (χ1) is 12.2. The first-order valence-corrected chi connectivity index (χ1v) is 7.51. The van der Waals surface area contributed by atoms with Gasteiger partial charge < -0.3 is 9.72 Å². The molecule has 7 nitrogen and oxygen atoms in total. The number of aromatic amines is 1. The maximum atomic E-state index is 10.9. The molecule has 2 aromatic carbocycles. The Labute approximate surface area is 142 Å². The smallest absolute Gasteiger partial charge is 0.271 e. The predicted octanol–water partition coefficient (Wildman–Crippen LogP) is 4.33. The van der Waals surface area contributed by atoms with Crippen LogP contribution in [0.25, 0.3) is 22.4 Å². The molecule has 0 spiro atoms. The number of ether oxygens (including phenoxy) is 1. The number of nitrogens with zero attached hydrogens (tertiary/aromatic N) is 3. The summed E-state index contributed by atoms with van der Waals surface area (Å²) in [5.74, 6) is 1.97. The Kier molecular flexibility index (Phi) is 3.59. The highest BCUT2D eigenvalue weighted by Gasteiger charge is 2.11. The second-order valence-corrected chi connectivity index (χ2v) is 5.36. The van der Waals surface area contributed by atoms with E-state index in [9.17, 15) is 10.1 Å². The summed E-state index contributed by atoms with van der Waals surface area (Å²) in [5, 5.41) is 10.9. The van der Waals surface area contributed by atoms with Crippen LogP contribution in [0.15, 0.2) is 67.0 Å². The van der Waals surface area contributed by atoms with E-state index in [0.29, 0.717) is 28.4 Å². The van der Waals surface area contributed by atoms with Gasteiger partial charge in [0.25, 0.3) is 5.69 Å². The minimum Gasteiger partial charge on any atom is -0.457 e. The standard InChI is InChI=1S/C18H12N4O3/c23-22(24)13-4-5-16-17(11-13)21-18(20-16)12-2-1-3-15(10-12)25-14-6-8-19-9-7-14/h1-11H,(H,20,21). The van der Waals surface area contributed by atoms with E-state index in [4.69, 9.17) is 4.74 Å². The van der Waals surface area contributed by atoms with E-state index in [1.165, 1.54) is 12.1 Å². The van der Waals surface area contributed by atoms with E-state index < -0.39 is 4.92 Å². The van der Waals surface area contributed by atoms with Crippen LogP contribution >= 0.6 is 0 Å². The van der Waals surface area contributed by atoms with Gasteiger partial charge in [0.15, 0.2) is 0 Å². The number of pyridine rings is 1. The summed E-state index contributed by atoms with van der Waals surface area (Å²) >= 11 is 0. The third kappa shape index (κ3) is 3.02. The minimum atomic E-state index is -0.427. The second-order valence-electron chi connectivity index (χ2n) is 5.36. The Morgan fingerprint density at radius 1 is 1.00 bits per heavy atom. The molecule has 4 aromatic rings. The molecule has 0 aliphatic heterocycles. The fourth-order valence-corrected chi connectivity index (χ4v) is 2.50. The molecule has 0 saturated heterocycles. The van der Waals surface area contributed by atoms with E-state index in [1.807, 2.05) is 24.3 Å². The summed E-state index contributed by atoms with van der Waals surface area (Å²) in [6.45, 7) is 0. The van der Waals surface area contributed by atoms with E-state index in [0.717, 1.165) is 5.56 Å². The number of non-ortho nitro benzene ring substituents is 1. The van der Waals surface area contributed by atoms with Crippen LogP contribution < -0.4 is 4.74 Å². The zero-order valence-electron chi connectivity index (χ0n) is 12.9. The van der Waals surface area contributed by atoms with Crippen molar-refractivity contribution in [3.8, 4) is 22.9 Å².